The fourth-order valence-electron chi connectivity index (χ4n) is 8.86. The normalized spacial score (nSPS) is 39.3. The summed E-state index contributed by atoms with van der Waals surface area (Å²) >= 11 is 6.45. The van der Waals surface area contributed by atoms with Crippen LogP contribution in [0.5, 0.6) is 0 Å². The molecule has 1 N–H and O–H groups in total. The predicted molar refractivity (Wildman–Crippen MR) is 136 cm³/mol. The Kier molecular flexibility index (Phi) is 5.02. The van der Waals surface area contributed by atoms with Gasteiger partial charge in [-0.2, -0.15) is 0 Å². The number of rotatable bonds is 2. The zero-order chi connectivity index (χ0) is 24.0. The molecule has 2 aromatic rings. The average molecular weight is 481 g/mol. The summed E-state index contributed by atoms with van der Waals surface area (Å²) in [6.45, 7) is 9.01. The highest BCUT2D eigenvalue weighted by Crippen LogP contribution is 2.65. The molecule has 34 heavy (non-hydrogen) atoms. The van der Waals surface area contributed by atoms with Gasteiger partial charge in [0.2, 0.25) is 5.91 Å². The lowest BCUT2D eigenvalue weighted by atomic mass is 9.47. The van der Waals surface area contributed by atoms with Crippen molar-refractivity contribution in [3.63, 3.8) is 0 Å². The number of likely N-dealkylation sites (N-methyl/N-ethyl adjacent to an activating group) is 1. The van der Waals surface area contributed by atoms with Crippen LogP contribution >= 0.6 is 11.6 Å². The van der Waals surface area contributed by atoms with Gasteiger partial charge in [-0.3, -0.25) is 4.79 Å². The van der Waals surface area contributed by atoms with Crippen molar-refractivity contribution in [1.29, 1.82) is 0 Å². The molecule has 2 aromatic heterocycles. The van der Waals surface area contributed by atoms with Crippen molar-refractivity contribution in [2.75, 3.05) is 7.05 Å². The Morgan fingerprint density at radius 3 is 2.71 bits per heavy atom. The Labute approximate surface area is 207 Å². The van der Waals surface area contributed by atoms with E-state index in [0.717, 1.165) is 57.9 Å². The van der Waals surface area contributed by atoms with Gasteiger partial charge in [-0.1, -0.05) is 31.5 Å². The van der Waals surface area contributed by atoms with Crippen molar-refractivity contribution in [2.45, 2.75) is 78.7 Å². The monoisotopic (exact) mass is 480 g/mol. The number of aromatic amines is 1. The molecule has 6 rings (SSSR count). The van der Waals surface area contributed by atoms with E-state index in [4.69, 9.17) is 16.6 Å². The third-order valence-electron chi connectivity index (χ3n) is 10.8. The van der Waals surface area contributed by atoms with Gasteiger partial charge in [0.05, 0.1) is 16.2 Å². The van der Waals surface area contributed by atoms with E-state index < -0.39 is 0 Å². The molecule has 0 saturated heterocycles. The number of nitrogens with zero attached hydrogens (tertiary/aromatic N) is 3. The van der Waals surface area contributed by atoms with Gasteiger partial charge < -0.3 is 9.88 Å². The zero-order valence-electron chi connectivity index (χ0n) is 21.1. The van der Waals surface area contributed by atoms with Crippen molar-refractivity contribution in [1.82, 2.24) is 19.9 Å². The summed E-state index contributed by atoms with van der Waals surface area (Å²) in [5.74, 6) is 4.09. The van der Waals surface area contributed by atoms with E-state index in [1.54, 1.807) is 0 Å². The van der Waals surface area contributed by atoms with Gasteiger partial charge in [0.1, 0.15) is 5.82 Å². The minimum atomic E-state index is 0.115. The van der Waals surface area contributed by atoms with Crippen LogP contribution in [-0.4, -0.2) is 38.8 Å². The number of H-pyrrole nitrogens is 1. The molecule has 2 unspecified atom stereocenters. The predicted octanol–water partition coefficient (Wildman–Crippen LogP) is 6.03. The molecule has 0 radical (unpaired) electrons. The van der Waals surface area contributed by atoms with Crippen LogP contribution in [0.1, 0.15) is 69.5 Å². The molecule has 3 fully saturated rings. The number of carbonyl (C=O) groups is 1. The van der Waals surface area contributed by atoms with Gasteiger partial charge in [0.15, 0.2) is 5.65 Å². The summed E-state index contributed by atoms with van der Waals surface area (Å²) in [5.41, 5.74) is 4.16. The molecule has 3 saturated carbocycles. The molecule has 0 aromatic carbocycles. The first-order valence-corrected chi connectivity index (χ1v) is 13.5. The minimum absolute atomic E-state index is 0.115. The van der Waals surface area contributed by atoms with Crippen LogP contribution in [0, 0.1) is 48.3 Å². The van der Waals surface area contributed by atoms with E-state index in [0.29, 0.717) is 23.3 Å². The maximum Gasteiger partial charge on any atom is 0.246 e. The first-order valence-electron chi connectivity index (χ1n) is 13.1. The van der Waals surface area contributed by atoms with Crippen LogP contribution in [0.25, 0.3) is 11.2 Å². The van der Waals surface area contributed by atoms with Gasteiger partial charge in [-0.15, -0.1) is 0 Å². The summed E-state index contributed by atoms with van der Waals surface area (Å²) < 4.78 is 0. The van der Waals surface area contributed by atoms with Crippen molar-refractivity contribution in [3.05, 3.63) is 34.3 Å². The molecule has 3 aliphatic carbocycles. The first-order chi connectivity index (χ1) is 16.1. The Morgan fingerprint density at radius 2 is 1.91 bits per heavy atom. The maximum atomic E-state index is 12.3. The number of halogens is 1. The lowest BCUT2D eigenvalue weighted by Crippen LogP contribution is -2.59. The second kappa shape index (κ2) is 7.56. The third-order valence-corrected chi connectivity index (χ3v) is 11.3. The van der Waals surface area contributed by atoms with Crippen molar-refractivity contribution >= 4 is 28.7 Å². The van der Waals surface area contributed by atoms with Crippen LogP contribution in [-0.2, 0) is 11.2 Å². The molecule has 7 atom stereocenters. The third kappa shape index (κ3) is 3.01. The smallest absolute Gasteiger partial charge is 0.246 e. The molecule has 4 aliphatic rings. The van der Waals surface area contributed by atoms with E-state index in [-0.39, 0.29) is 11.3 Å². The van der Waals surface area contributed by atoms with Gasteiger partial charge in [0, 0.05) is 24.9 Å². The van der Waals surface area contributed by atoms with E-state index in [1.807, 2.05) is 24.9 Å². The second-order valence-electron chi connectivity index (χ2n) is 12.2. The van der Waals surface area contributed by atoms with Gasteiger partial charge in [-0.25, -0.2) is 9.97 Å². The highest BCUT2D eigenvalue weighted by molar-refractivity contribution is 6.32. The standard InChI is InChI=1S/C28H37ClN4O/c1-15-24(29)16(2)30-26-25(15)31-22(32-26)14-17-6-8-19-18-7-9-21-28(4,13-11-23(34)33(21)5)20(18)10-12-27(17,19)3/h11,13,17-21H,6-10,12,14H2,1-5H3,(H,30,31,32)/t17?,18-,19-,20+,21?,27+,28+/m0/s1. The summed E-state index contributed by atoms with van der Waals surface area (Å²) in [7, 11) is 2.01. The summed E-state index contributed by atoms with van der Waals surface area (Å²) in [4.78, 5) is 27.5. The number of imidazole rings is 1. The molecule has 1 aliphatic heterocycles. The van der Waals surface area contributed by atoms with E-state index in [2.05, 4.69) is 36.8 Å². The number of hydrogen-bond acceptors (Lipinski definition) is 3. The molecule has 1 amide bonds. The first kappa shape index (κ1) is 22.6. The topological polar surface area (TPSA) is 61.9 Å². The molecule has 3 heterocycles. The molecular weight excluding hydrogens is 444 g/mol. The number of hydrogen-bond donors (Lipinski definition) is 1. The number of amides is 1. The Balaban J connectivity index is 1.26. The quantitative estimate of drug-likeness (QED) is 0.571. The number of aryl methyl sites for hydroxylation is 2. The SMILES string of the molecule is Cc1nc2nc(CC3CC[C@H]4[C@@H]5CCC6N(C)C(=O)C=C[C@]6(C)[C@@H]5CC[C@]34C)[nH]c2c(C)c1Cl. The van der Waals surface area contributed by atoms with Crippen molar-refractivity contribution in [3.8, 4) is 0 Å². The maximum absolute atomic E-state index is 12.3. The van der Waals surface area contributed by atoms with Crippen LogP contribution in [0.4, 0.5) is 0 Å². The van der Waals surface area contributed by atoms with E-state index >= 15 is 0 Å². The summed E-state index contributed by atoms with van der Waals surface area (Å²) in [5, 5.41) is 0.738. The lowest BCUT2D eigenvalue weighted by molar-refractivity contribution is -0.138. The van der Waals surface area contributed by atoms with E-state index in [1.165, 1.54) is 32.1 Å². The number of fused-ring (bicyclic) bond motifs is 6. The van der Waals surface area contributed by atoms with Crippen LogP contribution in [0.3, 0.4) is 0 Å². The Morgan fingerprint density at radius 1 is 1.12 bits per heavy atom. The molecule has 182 valence electrons. The van der Waals surface area contributed by atoms with Crippen LogP contribution in [0.2, 0.25) is 5.02 Å². The van der Waals surface area contributed by atoms with Gasteiger partial charge in [0.25, 0.3) is 0 Å². The van der Waals surface area contributed by atoms with Gasteiger partial charge >= 0.3 is 0 Å². The fourth-order valence-corrected chi connectivity index (χ4v) is 8.99. The average Bonchev–Trinajstić information content (AvgIpc) is 3.36. The highest BCUT2D eigenvalue weighted by Gasteiger charge is 2.60. The molecule has 6 heteroatoms. The molecule has 0 bridgehead atoms. The summed E-state index contributed by atoms with van der Waals surface area (Å²) in [6, 6.07) is 0.356. The van der Waals surface area contributed by atoms with Crippen molar-refractivity contribution in [2.24, 2.45) is 34.5 Å². The Bertz CT molecular complexity index is 1200. The number of pyridine rings is 1. The number of nitrogens with one attached hydrogen (secondary N) is 1. The lowest BCUT2D eigenvalue weighted by Gasteiger charge is -2.60. The van der Waals surface area contributed by atoms with E-state index in [9.17, 15) is 4.79 Å². The van der Waals surface area contributed by atoms with Crippen molar-refractivity contribution < 1.29 is 4.79 Å². The van der Waals surface area contributed by atoms with Crippen LogP contribution in [0.15, 0.2) is 12.2 Å². The minimum Gasteiger partial charge on any atom is -0.340 e. The molecule has 5 nitrogen and oxygen atoms in total. The Hall–Kier alpha value is -1.88. The largest absolute Gasteiger partial charge is 0.340 e. The fraction of sp³-hybridized carbons (Fsp3) is 0.679. The molecular formula is C28H37ClN4O. The second-order valence-corrected chi connectivity index (χ2v) is 12.5. The molecule has 0 spiro atoms. The highest BCUT2D eigenvalue weighted by atomic mass is 35.5. The number of carbonyl (C=O) groups excluding carboxylic acids is 1. The summed E-state index contributed by atoms with van der Waals surface area (Å²) in [6.07, 6.45) is 12.7. The van der Waals surface area contributed by atoms with Gasteiger partial charge in [-0.05, 0) is 93.1 Å². The number of aromatic nitrogens is 3. The van der Waals surface area contributed by atoms with Crippen LogP contribution < -0.4 is 0 Å². The zero-order valence-corrected chi connectivity index (χ0v) is 21.9.